The van der Waals surface area contributed by atoms with Crippen LogP contribution in [0.25, 0.3) is 23.1 Å². The van der Waals surface area contributed by atoms with Crippen molar-refractivity contribution in [2.45, 2.75) is 19.9 Å². The molecule has 0 amide bonds. The van der Waals surface area contributed by atoms with Crippen molar-refractivity contribution in [1.29, 1.82) is 0 Å². The molecule has 30 heavy (non-hydrogen) atoms. The Morgan fingerprint density at radius 2 is 1.67 bits per heavy atom. The molecule has 4 aromatic rings. The predicted octanol–water partition coefficient (Wildman–Crippen LogP) is 3.14. The highest BCUT2D eigenvalue weighted by Gasteiger charge is 2.41. The van der Waals surface area contributed by atoms with Crippen LogP contribution in [-0.2, 0) is 0 Å². The summed E-state index contributed by atoms with van der Waals surface area (Å²) in [5.74, 6) is 3.95. The van der Waals surface area contributed by atoms with Gasteiger partial charge in [0.25, 0.3) is 0 Å². The SMILES string of the molecule is CB1C=c2c(oc3ccccc23)=CN1N1c2nccnc2N(c2ccccc2)[C@@H]1C. The Kier molecular flexibility index (Phi) is 3.65. The molecule has 7 heteroatoms. The van der Waals surface area contributed by atoms with Crippen LogP contribution in [0, 0.1) is 0 Å². The zero-order valence-corrected chi connectivity index (χ0v) is 16.8. The number of hydrogen-bond acceptors (Lipinski definition) is 6. The Labute approximate surface area is 174 Å². The van der Waals surface area contributed by atoms with Crippen molar-refractivity contribution >= 4 is 47.3 Å². The van der Waals surface area contributed by atoms with Gasteiger partial charge in [-0.2, -0.15) is 0 Å². The van der Waals surface area contributed by atoms with Crippen LogP contribution < -0.4 is 20.5 Å². The normalized spacial score (nSPS) is 17.6. The summed E-state index contributed by atoms with van der Waals surface area (Å²) in [5.41, 5.74) is 2.86. The van der Waals surface area contributed by atoms with E-state index < -0.39 is 0 Å². The van der Waals surface area contributed by atoms with Gasteiger partial charge >= 0.3 is 6.85 Å². The molecular formula is C23H20BN5O. The lowest BCUT2D eigenvalue weighted by Gasteiger charge is -2.39. The van der Waals surface area contributed by atoms with Gasteiger partial charge in [0.1, 0.15) is 11.7 Å². The highest BCUT2D eigenvalue weighted by Crippen LogP contribution is 2.42. The zero-order valence-electron chi connectivity index (χ0n) is 16.8. The van der Waals surface area contributed by atoms with E-state index >= 15 is 0 Å². The van der Waals surface area contributed by atoms with Gasteiger partial charge in [0, 0.05) is 28.7 Å². The minimum absolute atomic E-state index is 0.00262. The maximum absolute atomic E-state index is 6.16. The van der Waals surface area contributed by atoms with E-state index in [2.05, 4.69) is 70.0 Å². The first-order chi connectivity index (χ1) is 14.7. The van der Waals surface area contributed by atoms with Crippen LogP contribution in [0.4, 0.5) is 17.3 Å². The molecule has 0 bridgehead atoms. The molecule has 2 aromatic carbocycles. The minimum atomic E-state index is 0.00262. The van der Waals surface area contributed by atoms with Gasteiger partial charge in [-0.05, 0) is 25.1 Å². The largest absolute Gasteiger partial charge is 0.455 e. The van der Waals surface area contributed by atoms with E-state index in [-0.39, 0.29) is 13.0 Å². The molecule has 0 radical (unpaired) electrons. The van der Waals surface area contributed by atoms with E-state index in [1.54, 1.807) is 12.4 Å². The second kappa shape index (κ2) is 6.39. The molecule has 1 atom stereocenters. The third-order valence-corrected chi connectivity index (χ3v) is 5.85. The second-order valence-corrected chi connectivity index (χ2v) is 7.68. The standard InChI is InChI=1S/C23H20BN5O/c1-16-28(17-8-4-3-5-9-17)22-23(26-13-12-25-22)29(16)27-15-21-19(14-24(27)2)18-10-6-7-11-20(18)30-21/h3-16H,1-2H3/t16-/m0/s1. The number of anilines is 3. The number of furan rings is 1. The molecule has 0 fully saturated rings. The van der Waals surface area contributed by atoms with Crippen LogP contribution in [0.3, 0.4) is 0 Å². The second-order valence-electron chi connectivity index (χ2n) is 7.68. The van der Waals surface area contributed by atoms with Crippen LogP contribution in [0.1, 0.15) is 6.92 Å². The Bertz CT molecular complexity index is 1370. The van der Waals surface area contributed by atoms with Gasteiger partial charge in [-0.3, -0.25) is 5.01 Å². The average molecular weight is 393 g/mol. The number of rotatable bonds is 2. The molecule has 2 aliphatic rings. The first-order valence-corrected chi connectivity index (χ1v) is 10.2. The molecule has 2 aliphatic heterocycles. The summed E-state index contributed by atoms with van der Waals surface area (Å²) in [4.78, 5) is 13.8. The number of hydrazine groups is 1. The van der Waals surface area contributed by atoms with Gasteiger partial charge in [0.2, 0.25) is 0 Å². The summed E-state index contributed by atoms with van der Waals surface area (Å²) in [6, 6.07) is 18.5. The van der Waals surface area contributed by atoms with E-state index in [9.17, 15) is 0 Å². The van der Waals surface area contributed by atoms with Crippen molar-refractivity contribution in [3.05, 3.63) is 77.6 Å². The number of fused-ring (bicyclic) bond motifs is 4. The molecule has 0 N–H and O–H groups in total. The molecule has 146 valence electrons. The Morgan fingerprint density at radius 1 is 0.933 bits per heavy atom. The van der Waals surface area contributed by atoms with E-state index in [1.165, 1.54) is 0 Å². The molecule has 6 nitrogen and oxygen atoms in total. The summed E-state index contributed by atoms with van der Waals surface area (Å²) < 4.78 is 6.16. The van der Waals surface area contributed by atoms with Crippen LogP contribution in [-0.4, -0.2) is 27.9 Å². The molecule has 0 saturated carbocycles. The molecule has 2 aromatic heterocycles. The van der Waals surface area contributed by atoms with Crippen molar-refractivity contribution in [2.24, 2.45) is 0 Å². The monoisotopic (exact) mass is 393 g/mol. The Balaban J connectivity index is 1.51. The topological polar surface area (TPSA) is 48.6 Å². The molecular weight excluding hydrogens is 373 g/mol. The van der Waals surface area contributed by atoms with Crippen LogP contribution in [0.2, 0.25) is 6.82 Å². The summed E-state index contributed by atoms with van der Waals surface area (Å²) in [7, 11) is 0. The quantitative estimate of drug-likeness (QED) is 0.488. The maximum Gasteiger partial charge on any atom is 0.304 e. The minimum Gasteiger partial charge on any atom is -0.455 e. The van der Waals surface area contributed by atoms with Crippen LogP contribution >= 0.6 is 0 Å². The molecule has 0 unspecified atom stereocenters. The van der Waals surface area contributed by atoms with E-state index in [0.29, 0.717) is 0 Å². The summed E-state index contributed by atoms with van der Waals surface area (Å²) in [6.07, 6.45) is 5.59. The number of hydrogen-bond donors (Lipinski definition) is 0. The van der Waals surface area contributed by atoms with Crippen molar-refractivity contribution in [3.63, 3.8) is 0 Å². The summed E-state index contributed by atoms with van der Waals surface area (Å²) in [5, 5.41) is 4.50. The van der Waals surface area contributed by atoms with Gasteiger partial charge < -0.3 is 14.2 Å². The summed E-state index contributed by atoms with van der Waals surface area (Å²) >= 11 is 0. The number of nitrogens with zero attached hydrogens (tertiary/aromatic N) is 5. The van der Waals surface area contributed by atoms with Crippen molar-refractivity contribution in [2.75, 3.05) is 9.91 Å². The highest BCUT2D eigenvalue weighted by atomic mass is 16.3. The van der Waals surface area contributed by atoms with Gasteiger partial charge in [0.05, 0.1) is 6.20 Å². The van der Waals surface area contributed by atoms with E-state index in [1.807, 2.05) is 30.3 Å². The first kappa shape index (κ1) is 17.2. The van der Waals surface area contributed by atoms with Gasteiger partial charge in [0.15, 0.2) is 17.1 Å². The smallest absolute Gasteiger partial charge is 0.304 e. The molecule has 0 spiro atoms. The molecule has 6 rings (SSSR count). The van der Waals surface area contributed by atoms with E-state index in [4.69, 9.17) is 9.40 Å². The lowest BCUT2D eigenvalue weighted by molar-refractivity contribution is 0.480. The molecule has 0 saturated heterocycles. The van der Waals surface area contributed by atoms with E-state index in [0.717, 1.165) is 38.9 Å². The lowest BCUT2D eigenvalue weighted by atomic mass is 9.63. The van der Waals surface area contributed by atoms with Gasteiger partial charge in [-0.1, -0.05) is 49.2 Å². The van der Waals surface area contributed by atoms with Crippen molar-refractivity contribution < 1.29 is 4.42 Å². The average Bonchev–Trinajstić information content (AvgIpc) is 3.28. The molecule has 4 heterocycles. The zero-order chi connectivity index (χ0) is 20.2. The van der Waals surface area contributed by atoms with Gasteiger partial charge in [-0.15, -0.1) is 0 Å². The lowest BCUT2D eigenvalue weighted by Crippen LogP contribution is -2.55. The Morgan fingerprint density at radius 3 is 2.50 bits per heavy atom. The third kappa shape index (κ3) is 2.38. The highest BCUT2D eigenvalue weighted by molar-refractivity contribution is 6.70. The fourth-order valence-electron chi connectivity index (χ4n) is 4.51. The van der Waals surface area contributed by atoms with Crippen molar-refractivity contribution in [1.82, 2.24) is 14.9 Å². The van der Waals surface area contributed by atoms with Gasteiger partial charge in [-0.25, -0.2) is 9.97 Å². The fraction of sp³-hybridized carbons (Fsp3) is 0.130. The van der Waals surface area contributed by atoms with Crippen LogP contribution in [0.15, 0.2) is 71.4 Å². The Hall–Kier alpha value is -3.74. The predicted molar refractivity (Wildman–Crippen MR) is 120 cm³/mol. The van der Waals surface area contributed by atoms with Crippen LogP contribution in [0.5, 0.6) is 0 Å². The number of benzene rings is 2. The fourth-order valence-corrected chi connectivity index (χ4v) is 4.51. The number of para-hydroxylation sites is 2. The van der Waals surface area contributed by atoms with Crippen molar-refractivity contribution in [3.8, 4) is 0 Å². The first-order valence-electron chi connectivity index (χ1n) is 10.2. The number of aromatic nitrogens is 2. The molecule has 0 aliphatic carbocycles. The maximum atomic E-state index is 6.16. The summed E-state index contributed by atoms with van der Waals surface area (Å²) in [6.45, 7) is 4.49. The third-order valence-electron chi connectivity index (χ3n) is 5.85.